The molecule has 4 fully saturated rings. The second kappa shape index (κ2) is 14.8. The number of hydrogen-bond donors (Lipinski definition) is 1. The van der Waals surface area contributed by atoms with Gasteiger partial charge in [0.15, 0.2) is 0 Å². The SMILES string of the molecule is CC1(C)[C@H](Oc2ccc(C#N)c(Cl)c2)C(C)(C)[C@H]1N1Cc2cc(N3CCN(CC4(F)CCN(c5ccc6c(c5)C(=O)N(C5CCC(=O)NC5=O)C6=O)CC4)CC3)ccc2C1=O. The Morgan fingerprint density at radius 1 is 0.803 bits per heavy atom. The molecule has 5 aliphatic heterocycles. The topological polar surface area (TPSA) is 147 Å². The van der Waals surface area contributed by atoms with Crippen molar-refractivity contribution >= 4 is 52.5 Å². The second-order valence-electron chi connectivity index (χ2n) is 18.6. The average molecular weight is 850 g/mol. The number of hydrogen-bond acceptors (Lipinski definition) is 10. The van der Waals surface area contributed by atoms with Gasteiger partial charge in [0.05, 0.1) is 21.7 Å². The summed E-state index contributed by atoms with van der Waals surface area (Å²) >= 11 is 6.30. The van der Waals surface area contributed by atoms with Gasteiger partial charge in [0.25, 0.3) is 17.7 Å². The molecule has 1 saturated carbocycles. The summed E-state index contributed by atoms with van der Waals surface area (Å²) in [5.74, 6) is -1.56. The minimum absolute atomic E-state index is 0.0212. The highest BCUT2D eigenvalue weighted by Crippen LogP contribution is 2.59. The molecule has 3 aromatic rings. The number of amides is 5. The molecule has 61 heavy (non-hydrogen) atoms. The first kappa shape index (κ1) is 40.9. The highest BCUT2D eigenvalue weighted by atomic mass is 35.5. The Hall–Kier alpha value is -5.52. The van der Waals surface area contributed by atoms with Crippen molar-refractivity contribution in [3.63, 3.8) is 0 Å². The van der Waals surface area contributed by atoms with E-state index >= 15 is 4.39 Å². The van der Waals surface area contributed by atoms with E-state index in [0.29, 0.717) is 68.4 Å². The zero-order chi connectivity index (χ0) is 43.2. The first-order valence-corrected chi connectivity index (χ1v) is 21.4. The molecular weight excluding hydrogens is 801 g/mol. The average Bonchev–Trinajstić information content (AvgIpc) is 3.67. The van der Waals surface area contributed by atoms with E-state index < -0.39 is 35.3 Å². The summed E-state index contributed by atoms with van der Waals surface area (Å²) < 4.78 is 22.9. The zero-order valence-electron chi connectivity index (χ0n) is 34.8. The van der Waals surface area contributed by atoms with Gasteiger partial charge in [-0.25, -0.2) is 4.39 Å². The van der Waals surface area contributed by atoms with E-state index in [1.807, 2.05) is 21.9 Å². The Morgan fingerprint density at radius 3 is 2.10 bits per heavy atom. The molecule has 1 atom stereocenters. The van der Waals surface area contributed by atoms with Crippen LogP contribution in [-0.2, 0) is 16.1 Å². The molecule has 15 heteroatoms. The lowest BCUT2D eigenvalue weighted by Crippen LogP contribution is -2.74. The Morgan fingerprint density at radius 2 is 1.44 bits per heavy atom. The molecule has 318 valence electrons. The fourth-order valence-electron chi connectivity index (χ4n) is 11.3. The fourth-order valence-corrected chi connectivity index (χ4v) is 11.5. The lowest BCUT2D eigenvalue weighted by Gasteiger charge is -2.65. The standard InChI is InChI=1S/C46H49ClFN7O6/c1-44(2)42(45(3,4)43(44)61-31-8-5-27(24-49)35(47)23-31)54-25-28-21-29(6-9-32(28)39(54)58)53-19-17-51(18-20-53)26-46(48)13-15-52(16-14-46)30-7-10-33-34(22-30)41(60)55(40(33)59)36-11-12-37(56)50-38(36)57/h5-10,21-23,36,42-43H,11-20,25-26H2,1-4H3,(H,50,56,57)/t36?,42-,43-. The van der Waals surface area contributed by atoms with Crippen LogP contribution < -0.4 is 19.9 Å². The smallest absolute Gasteiger partial charge is 0.262 e. The van der Waals surface area contributed by atoms with Crippen molar-refractivity contribution in [1.82, 2.24) is 20.0 Å². The van der Waals surface area contributed by atoms with Crippen molar-refractivity contribution in [2.24, 2.45) is 10.8 Å². The number of rotatable bonds is 8. The molecule has 0 radical (unpaired) electrons. The molecule has 1 unspecified atom stereocenters. The van der Waals surface area contributed by atoms with Crippen LogP contribution in [-0.4, -0.2) is 114 Å². The maximum atomic E-state index is 16.4. The first-order valence-electron chi connectivity index (χ1n) is 21.1. The fraction of sp³-hybridized carbons (Fsp3) is 0.478. The van der Waals surface area contributed by atoms with Gasteiger partial charge >= 0.3 is 0 Å². The van der Waals surface area contributed by atoms with Crippen LogP contribution in [0, 0.1) is 22.2 Å². The quantitative estimate of drug-likeness (QED) is 0.285. The molecule has 1 aliphatic carbocycles. The molecule has 9 rings (SSSR count). The highest BCUT2D eigenvalue weighted by Gasteiger charge is 2.67. The van der Waals surface area contributed by atoms with Gasteiger partial charge in [-0.2, -0.15) is 5.26 Å². The normalized spacial score (nSPS) is 25.5. The molecule has 5 heterocycles. The number of imide groups is 2. The minimum atomic E-state index is -1.37. The number of nitrogens with one attached hydrogen (secondary N) is 1. The maximum Gasteiger partial charge on any atom is 0.262 e. The van der Waals surface area contributed by atoms with E-state index in [1.165, 1.54) is 0 Å². The Balaban J connectivity index is 0.780. The van der Waals surface area contributed by atoms with Crippen LogP contribution in [0.5, 0.6) is 5.75 Å². The number of alkyl halides is 1. The summed E-state index contributed by atoms with van der Waals surface area (Å²) in [6, 6.07) is 17.2. The lowest BCUT2D eigenvalue weighted by molar-refractivity contribution is -0.199. The van der Waals surface area contributed by atoms with Crippen LogP contribution in [0.1, 0.15) is 95.6 Å². The minimum Gasteiger partial charge on any atom is -0.489 e. The largest absolute Gasteiger partial charge is 0.489 e. The molecular formula is C46H49ClFN7O6. The van der Waals surface area contributed by atoms with Crippen LogP contribution in [0.3, 0.4) is 0 Å². The third kappa shape index (κ3) is 6.90. The van der Waals surface area contributed by atoms with Gasteiger partial charge in [-0.15, -0.1) is 0 Å². The van der Waals surface area contributed by atoms with Gasteiger partial charge in [-0.05, 0) is 60.5 Å². The summed E-state index contributed by atoms with van der Waals surface area (Å²) in [4.78, 5) is 74.0. The zero-order valence-corrected chi connectivity index (χ0v) is 35.6. The van der Waals surface area contributed by atoms with Crippen molar-refractivity contribution < 1.29 is 33.1 Å². The van der Waals surface area contributed by atoms with Crippen molar-refractivity contribution in [3.05, 3.63) is 87.4 Å². The molecule has 1 N–H and O–H groups in total. The van der Waals surface area contributed by atoms with Gasteiger partial charge < -0.3 is 19.4 Å². The summed E-state index contributed by atoms with van der Waals surface area (Å²) in [6.07, 6.45) is 0.591. The predicted octanol–water partition coefficient (Wildman–Crippen LogP) is 5.58. The number of piperazine rings is 1. The van der Waals surface area contributed by atoms with Gasteiger partial charge in [0.1, 0.15) is 29.6 Å². The van der Waals surface area contributed by atoms with Gasteiger partial charge in [0.2, 0.25) is 11.8 Å². The van der Waals surface area contributed by atoms with Crippen molar-refractivity contribution in [1.29, 1.82) is 5.26 Å². The third-order valence-electron chi connectivity index (χ3n) is 14.0. The highest BCUT2D eigenvalue weighted by molar-refractivity contribution is 6.31. The lowest BCUT2D eigenvalue weighted by atomic mass is 9.49. The van der Waals surface area contributed by atoms with Crippen LogP contribution >= 0.6 is 11.6 Å². The van der Waals surface area contributed by atoms with Crippen molar-refractivity contribution in [2.75, 3.05) is 55.6 Å². The Kier molecular flexibility index (Phi) is 9.94. The Bertz CT molecular complexity index is 2400. The Labute approximate surface area is 359 Å². The summed E-state index contributed by atoms with van der Waals surface area (Å²) in [5, 5.41) is 11.8. The first-order chi connectivity index (χ1) is 29.0. The molecule has 3 saturated heterocycles. The summed E-state index contributed by atoms with van der Waals surface area (Å²) in [6.45, 7) is 13.2. The number of ether oxygens (including phenoxy) is 1. The van der Waals surface area contributed by atoms with E-state index in [2.05, 4.69) is 54.9 Å². The molecule has 3 aromatic carbocycles. The van der Waals surface area contributed by atoms with Crippen molar-refractivity contribution in [2.45, 2.75) is 83.8 Å². The van der Waals surface area contributed by atoms with Crippen LogP contribution in [0.4, 0.5) is 15.8 Å². The third-order valence-corrected chi connectivity index (χ3v) is 14.3. The van der Waals surface area contributed by atoms with E-state index in [0.717, 1.165) is 40.5 Å². The molecule has 6 aliphatic rings. The summed E-state index contributed by atoms with van der Waals surface area (Å²) in [5.41, 5.74) is 2.23. The molecule has 0 aromatic heterocycles. The predicted molar refractivity (Wildman–Crippen MR) is 225 cm³/mol. The van der Waals surface area contributed by atoms with Gasteiger partial charge in [0, 0.05) is 111 Å². The number of nitriles is 1. The van der Waals surface area contributed by atoms with E-state index in [9.17, 15) is 29.2 Å². The van der Waals surface area contributed by atoms with Crippen LogP contribution in [0.15, 0.2) is 54.6 Å². The number of benzene rings is 3. The van der Waals surface area contributed by atoms with Crippen LogP contribution in [0.25, 0.3) is 0 Å². The van der Waals surface area contributed by atoms with E-state index in [4.69, 9.17) is 16.3 Å². The monoisotopic (exact) mass is 849 g/mol. The molecule has 0 spiro atoms. The number of carbonyl (C=O) groups excluding carboxylic acids is 5. The number of piperidine rings is 2. The second-order valence-corrected chi connectivity index (χ2v) is 19.1. The van der Waals surface area contributed by atoms with Crippen LogP contribution in [0.2, 0.25) is 5.02 Å². The van der Waals surface area contributed by atoms with Gasteiger partial charge in [-0.3, -0.25) is 39.1 Å². The molecule has 13 nitrogen and oxygen atoms in total. The number of fused-ring (bicyclic) bond motifs is 2. The van der Waals surface area contributed by atoms with E-state index in [-0.39, 0.29) is 52.9 Å². The molecule has 0 bridgehead atoms. The maximum absolute atomic E-state index is 16.4. The van der Waals surface area contributed by atoms with Gasteiger partial charge in [-0.1, -0.05) is 39.3 Å². The van der Waals surface area contributed by atoms with E-state index in [1.54, 1.807) is 36.4 Å². The number of nitrogens with zero attached hydrogens (tertiary/aromatic N) is 6. The number of anilines is 2. The summed E-state index contributed by atoms with van der Waals surface area (Å²) in [7, 11) is 0. The van der Waals surface area contributed by atoms with Crippen molar-refractivity contribution in [3.8, 4) is 11.8 Å². The number of halogens is 2. The number of carbonyl (C=O) groups is 5. The molecule has 5 amide bonds.